The summed E-state index contributed by atoms with van der Waals surface area (Å²) < 4.78 is 6.72. The highest BCUT2D eigenvalue weighted by atomic mass is 16.6. The third-order valence-electron chi connectivity index (χ3n) is 1.95. The molecule has 0 spiro atoms. The third kappa shape index (κ3) is 1.56. The molecule has 1 aliphatic rings. The fourth-order valence-electron chi connectivity index (χ4n) is 1.15. The molecular formula is C9H11NO2. The number of ether oxygens (including phenoxy) is 1. The van der Waals surface area contributed by atoms with Crippen molar-refractivity contribution in [3.8, 4) is 0 Å². The molecule has 0 saturated carbocycles. The van der Waals surface area contributed by atoms with Gasteiger partial charge in [0.05, 0.1) is 19.3 Å². The maximum Gasteiger partial charge on any atom is 0.250 e. The lowest BCUT2D eigenvalue weighted by Crippen LogP contribution is -2.21. The summed E-state index contributed by atoms with van der Waals surface area (Å²) in [7, 11) is 0. The van der Waals surface area contributed by atoms with Crippen LogP contribution in [-0.2, 0) is 11.3 Å². The van der Waals surface area contributed by atoms with Gasteiger partial charge in [-0.2, -0.15) is 0 Å². The topological polar surface area (TPSA) is 34.5 Å². The van der Waals surface area contributed by atoms with Crippen molar-refractivity contribution in [1.29, 1.82) is 0 Å². The monoisotopic (exact) mass is 165 g/mol. The van der Waals surface area contributed by atoms with E-state index in [9.17, 15) is 4.79 Å². The van der Waals surface area contributed by atoms with Gasteiger partial charge in [0.2, 0.25) is 0 Å². The molecule has 12 heavy (non-hydrogen) atoms. The molecule has 0 N–H and O–H groups in total. The average molecular weight is 165 g/mol. The predicted octanol–water partition coefficient (Wildman–Crippen LogP) is 0.556. The molecule has 1 fully saturated rings. The van der Waals surface area contributed by atoms with Crippen LogP contribution in [0.2, 0.25) is 0 Å². The van der Waals surface area contributed by atoms with E-state index in [0.29, 0.717) is 6.54 Å². The van der Waals surface area contributed by atoms with Crippen LogP contribution in [0.3, 0.4) is 0 Å². The summed E-state index contributed by atoms with van der Waals surface area (Å²) in [5, 5.41) is 0. The van der Waals surface area contributed by atoms with Gasteiger partial charge in [-0.15, -0.1) is 0 Å². The predicted molar refractivity (Wildman–Crippen MR) is 45.2 cm³/mol. The number of hydrogen-bond donors (Lipinski definition) is 0. The van der Waals surface area contributed by atoms with Crippen LogP contribution < -0.4 is 5.56 Å². The molecule has 1 aromatic heterocycles. The number of nitrogens with zero attached hydrogens (tertiary/aromatic N) is 1. The van der Waals surface area contributed by atoms with Gasteiger partial charge in [0.15, 0.2) is 0 Å². The fourth-order valence-corrected chi connectivity index (χ4v) is 1.15. The van der Waals surface area contributed by atoms with Gasteiger partial charge in [0.25, 0.3) is 5.56 Å². The Morgan fingerprint density at radius 2 is 2.50 bits per heavy atom. The zero-order valence-corrected chi connectivity index (χ0v) is 6.99. The Morgan fingerprint density at radius 1 is 1.75 bits per heavy atom. The molecule has 0 radical (unpaired) electrons. The van der Waals surface area contributed by atoms with E-state index in [0.717, 1.165) is 12.2 Å². The lowest BCUT2D eigenvalue weighted by atomic mass is 10.3. The minimum absolute atomic E-state index is 0.0606. The molecule has 0 bridgehead atoms. The van der Waals surface area contributed by atoms with Crippen LogP contribution in [-0.4, -0.2) is 17.3 Å². The molecule has 1 aromatic rings. The second-order valence-corrected chi connectivity index (χ2v) is 3.15. The van der Waals surface area contributed by atoms with Gasteiger partial charge in [-0.3, -0.25) is 4.79 Å². The SMILES string of the molecule is Cc1ccn(CC2CO2)c(=O)c1. The summed E-state index contributed by atoms with van der Waals surface area (Å²) in [6.07, 6.45) is 2.09. The van der Waals surface area contributed by atoms with E-state index < -0.39 is 0 Å². The number of epoxide rings is 1. The van der Waals surface area contributed by atoms with Gasteiger partial charge in [-0.25, -0.2) is 0 Å². The van der Waals surface area contributed by atoms with Crippen molar-refractivity contribution in [1.82, 2.24) is 4.57 Å². The molecule has 0 aromatic carbocycles. The number of pyridine rings is 1. The normalized spacial score (nSPS) is 20.9. The molecule has 3 nitrogen and oxygen atoms in total. The van der Waals surface area contributed by atoms with Crippen molar-refractivity contribution in [2.75, 3.05) is 6.61 Å². The molecule has 1 saturated heterocycles. The van der Waals surface area contributed by atoms with Crippen molar-refractivity contribution in [2.24, 2.45) is 0 Å². The highest BCUT2D eigenvalue weighted by Crippen LogP contribution is 2.10. The summed E-state index contributed by atoms with van der Waals surface area (Å²) in [6.45, 7) is 3.40. The number of aromatic nitrogens is 1. The lowest BCUT2D eigenvalue weighted by Gasteiger charge is -2.01. The van der Waals surface area contributed by atoms with Crippen LogP contribution in [0.25, 0.3) is 0 Å². The maximum absolute atomic E-state index is 11.3. The first kappa shape index (κ1) is 7.55. The molecule has 1 aliphatic heterocycles. The van der Waals surface area contributed by atoms with E-state index in [4.69, 9.17) is 4.74 Å². The van der Waals surface area contributed by atoms with Crippen LogP contribution in [0.15, 0.2) is 23.1 Å². The Morgan fingerprint density at radius 3 is 3.08 bits per heavy atom. The fraction of sp³-hybridized carbons (Fsp3) is 0.444. The standard InChI is InChI=1S/C9H11NO2/c1-7-2-3-10(9(11)4-7)5-8-6-12-8/h2-4,8H,5-6H2,1H3. The second kappa shape index (κ2) is 2.75. The van der Waals surface area contributed by atoms with Gasteiger partial charge in [-0.1, -0.05) is 0 Å². The maximum atomic E-state index is 11.3. The largest absolute Gasteiger partial charge is 0.371 e. The Labute approximate surface area is 70.6 Å². The molecule has 1 atom stereocenters. The molecule has 2 heterocycles. The van der Waals surface area contributed by atoms with Gasteiger partial charge in [0, 0.05) is 12.3 Å². The molecule has 0 amide bonds. The van der Waals surface area contributed by atoms with Crippen molar-refractivity contribution in [3.05, 3.63) is 34.2 Å². The Kier molecular flexibility index (Phi) is 1.73. The van der Waals surface area contributed by atoms with Gasteiger partial charge in [0.1, 0.15) is 0 Å². The smallest absolute Gasteiger partial charge is 0.250 e. The first-order valence-corrected chi connectivity index (χ1v) is 4.04. The van der Waals surface area contributed by atoms with E-state index in [1.165, 1.54) is 0 Å². The van der Waals surface area contributed by atoms with E-state index in [2.05, 4.69) is 0 Å². The van der Waals surface area contributed by atoms with Crippen LogP contribution in [0.1, 0.15) is 5.56 Å². The summed E-state index contributed by atoms with van der Waals surface area (Å²) in [5.74, 6) is 0. The molecular weight excluding hydrogens is 154 g/mol. The number of rotatable bonds is 2. The van der Waals surface area contributed by atoms with Gasteiger partial charge < -0.3 is 9.30 Å². The zero-order valence-electron chi connectivity index (χ0n) is 6.99. The second-order valence-electron chi connectivity index (χ2n) is 3.15. The summed E-state index contributed by atoms with van der Waals surface area (Å²) in [6, 6.07) is 3.58. The average Bonchev–Trinajstić information content (AvgIpc) is 2.79. The molecule has 64 valence electrons. The Balaban J connectivity index is 2.24. The first-order chi connectivity index (χ1) is 5.75. The Bertz CT molecular complexity index is 339. The van der Waals surface area contributed by atoms with Crippen LogP contribution >= 0.6 is 0 Å². The zero-order chi connectivity index (χ0) is 8.55. The van der Waals surface area contributed by atoms with Gasteiger partial charge >= 0.3 is 0 Å². The number of hydrogen-bond acceptors (Lipinski definition) is 2. The van der Waals surface area contributed by atoms with Gasteiger partial charge in [-0.05, 0) is 18.6 Å². The van der Waals surface area contributed by atoms with E-state index in [1.807, 2.05) is 19.2 Å². The minimum atomic E-state index is 0.0606. The van der Waals surface area contributed by atoms with Crippen molar-refractivity contribution in [3.63, 3.8) is 0 Å². The first-order valence-electron chi connectivity index (χ1n) is 4.04. The van der Waals surface area contributed by atoms with Crippen molar-refractivity contribution < 1.29 is 4.74 Å². The third-order valence-corrected chi connectivity index (χ3v) is 1.95. The number of aryl methyl sites for hydroxylation is 1. The molecule has 3 heteroatoms. The van der Waals surface area contributed by atoms with E-state index in [-0.39, 0.29) is 11.7 Å². The molecule has 1 unspecified atom stereocenters. The summed E-state index contributed by atoms with van der Waals surface area (Å²) >= 11 is 0. The van der Waals surface area contributed by atoms with Crippen LogP contribution in [0, 0.1) is 6.92 Å². The van der Waals surface area contributed by atoms with E-state index in [1.54, 1.807) is 10.6 Å². The van der Waals surface area contributed by atoms with Crippen LogP contribution in [0.5, 0.6) is 0 Å². The quantitative estimate of drug-likeness (QED) is 0.600. The minimum Gasteiger partial charge on any atom is -0.371 e. The van der Waals surface area contributed by atoms with Crippen molar-refractivity contribution >= 4 is 0 Å². The summed E-state index contributed by atoms with van der Waals surface area (Å²) in [5.41, 5.74) is 1.07. The van der Waals surface area contributed by atoms with E-state index >= 15 is 0 Å². The summed E-state index contributed by atoms with van der Waals surface area (Å²) in [4.78, 5) is 11.3. The molecule has 0 aliphatic carbocycles. The highest BCUT2D eigenvalue weighted by molar-refractivity contribution is 5.08. The Hall–Kier alpha value is -1.09. The highest BCUT2D eigenvalue weighted by Gasteiger charge is 2.22. The van der Waals surface area contributed by atoms with Crippen molar-refractivity contribution in [2.45, 2.75) is 19.6 Å². The lowest BCUT2D eigenvalue weighted by molar-refractivity contribution is 0.380. The molecule has 2 rings (SSSR count). The van der Waals surface area contributed by atoms with Crippen LogP contribution in [0.4, 0.5) is 0 Å².